The zero-order valence-corrected chi connectivity index (χ0v) is 12.8. The Morgan fingerprint density at radius 3 is 2.20 bits per heavy atom. The van der Waals surface area contributed by atoms with E-state index in [2.05, 4.69) is 24.3 Å². The molecule has 0 spiro atoms. The number of carbonyl (C=O) groups is 1. The van der Waals surface area contributed by atoms with Crippen molar-refractivity contribution in [2.45, 2.75) is 10.1 Å². The molecule has 0 aromatic heterocycles. The lowest BCUT2D eigenvalue weighted by Gasteiger charge is -2.17. The van der Waals surface area contributed by atoms with Gasteiger partial charge in [-0.3, -0.25) is 4.79 Å². The highest BCUT2D eigenvalue weighted by Crippen LogP contribution is 2.36. The minimum absolute atomic E-state index is 0.0585. The van der Waals surface area contributed by atoms with E-state index in [1.54, 1.807) is 11.8 Å². The summed E-state index contributed by atoms with van der Waals surface area (Å²) in [6.07, 6.45) is 2.04. The van der Waals surface area contributed by atoms with Crippen molar-refractivity contribution < 1.29 is 9.90 Å². The summed E-state index contributed by atoms with van der Waals surface area (Å²) in [5.41, 5.74) is 2.27. The quantitative estimate of drug-likeness (QED) is 0.807. The third-order valence-corrected chi connectivity index (χ3v) is 4.93. The molecule has 0 fully saturated rings. The monoisotopic (exact) mass is 304 g/mol. The Balaban J connectivity index is 2.27. The number of aliphatic carboxylic acids is 1. The van der Waals surface area contributed by atoms with Crippen LogP contribution < -0.4 is 0 Å². The topological polar surface area (TPSA) is 37.3 Å². The van der Waals surface area contributed by atoms with Crippen LogP contribution in [0.15, 0.2) is 59.5 Å². The molecule has 0 saturated carbocycles. The number of thioether (sulfide) groups is 2. The highest BCUT2D eigenvalue weighted by molar-refractivity contribution is 8.00. The summed E-state index contributed by atoms with van der Waals surface area (Å²) in [6.45, 7) is 0. The number of hydrogen-bond acceptors (Lipinski definition) is 3. The number of carboxylic acids is 1. The minimum atomic E-state index is -0.781. The summed E-state index contributed by atoms with van der Waals surface area (Å²) >= 11 is 3.15. The van der Waals surface area contributed by atoms with Crippen LogP contribution in [-0.4, -0.2) is 23.1 Å². The third-order valence-electron chi connectivity index (χ3n) is 2.89. The van der Waals surface area contributed by atoms with Crippen LogP contribution >= 0.6 is 23.5 Å². The Hall–Kier alpha value is -1.39. The van der Waals surface area contributed by atoms with E-state index < -0.39 is 5.97 Å². The lowest BCUT2D eigenvalue weighted by Crippen LogP contribution is -2.04. The largest absolute Gasteiger partial charge is 0.481 e. The molecule has 0 aliphatic rings. The van der Waals surface area contributed by atoms with Crippen molar-refractivity contribution in [2.75, 3.05) is 12.0 Å². The Kier molecular flexibility index (Phi) is 5.56. The molecule has 2 rings (SSSR count). The first-order valence-electron chi connectivity index (χ1n) is 6.23. The van der Waals surface area contributed by atoms with Gasteiger partial charge in [-0.1, -0.05) is 42.5 Å². The van der Waals surface area contributed by atoms with E-state index in [4.69, 9.17) is 5.11 Å². The van der Waals surface area contributed by atoms with Gasteiger partial charge in [-0.2, -0.15) is 0 Å². The van der Waals surface area contributed by atoms with E-state index in [-0.39, 0.29) is 11.0 Å². The third kappa shape index (κ3) is 4.05. The molecular weight excluding hydrogens is 288 g/mol. The zero-order chi connectivity index (χ0) is 14.4. The molecule has 0 radical (unpaired) electrons. The Morgan fingerprint density at radius 2 is 1.65 bits per heavy atom. The number of carboxylic acid groups (broad SMARTS) is 1. The number of hydrogen-bond donors (Lipinski definition) is 1. The van der Waals surface area contributed by atoms with E-state index in [9.17, 15) is 4.79 Å². The molecule has 0 aliphatic carbocycles. The highest BCUT2D eigenvalue weighted by atomic mass is 32.2. The summed E-state index contributed by atoms with van der Waals surface area (Å²) in [5, 5.41) is 8.97. The predicted molar refractivity (Wildman–Crippen MR) is 86.6 cm³/mol. The first kappa shape index (κ1) is 15.0. The molecule has 0 bridgehead atoms. The van der Waals surface area contributed by atoms with Crippen LogP contribution in [0.1, 0.15) is 16.4 Å². The average Bonchev–Trinajstić information content (AvgIpc) is 2.49. The molecule has 1 unspecified atom stereocenters. The van der Waals surface area contributed by atoms with Crippen LogP contribution in [0.2, 0.25) is 0 Å². The Labute approximate surface area is 127 Å². The molecule has 0 heterocycles. The molecule has 104 valence electrons. The van der Waals surface area contributed by atoms with Gasteiger partial charge in [0.05, 0.1) is 11.0 Å². The molecule has 20 heavy (non-hydrogen) atoms. The fraction of sp³-hybridized carbons (Fsp3) is 0.188. The van der Waals surface area contributed by atoms with Crippen LogP contribution in [0, 0.1) is 0 Å². The summed E-state index contributed by atoms with van der Waals surface area (Å²) in [5.74, 6) is -0.680. The molecular formula is C16H16O2S2. The first-order valence-corrected chi connectivity index (χ1v) is 8.50. The molecule has 2 aromatic rings. The van der Waals surface area contributed by atoms with Gasteiger partial charge in [0.2, 0.25) is 0 Å². The highest BCUT2D eigenvalue weighted by Gasteiger charge is 2.16. The molecule has 2 aromatic carbocycles. The van der Waals surface area contributed by atoms with Crippen molar-refractivity contribution in [3.63, 3.8) is 0 Å². The van der Waals surface area contributed by atoms with E-state index in [0.717, 1.165) is 11.1 Å². The number of rotatable bonds is 6. The predicted octanol–water partition coefficient (Wildman–Crippen LogP) is 4.32. The van der Waals surface area contributed by atoms with Gasteiger partial charge in [0.15, 0.2) is 0 Å². The van der Waals surface area contributed by atoms with Crippen LogP contribution in [0.4, 0.5) is 0 Å². The van der Waals surface area contributed by atoms with E-state index in [1.165, 1.54) is 16.7 Å². The molecule has 2 nitrogen and oxygen atoms in total. The van der Waals surface area contributed by atoms with Gasteiger partial charge in [0, 0.05) is 4.90 Å². The fourth-order valence-corrected chi connectivity index (χ4v) is 3.36. The van der Waals surface area contributed by atoms with Crippen molar-refractivity contribution in [3.8, 4) is 0 Å². The summed E-state index contributed by atoms with van der Waals surface area (Å²) in [7, 11) is 0. The van der Waals surface area contributed by atoms with Gasteiger partial charge in [0.25, 0.3) is 0 Å². The lowest BCUT2D eigenvalue weighted by atomic mass is 10.0. The van der Waals surface area contributed by atoms with Gasteiger partial charge in [-0.05, 0) is 29.5 Å². The first-order chi connectivity index (χ1) is 9.70. The van der Waals surface area contributed by atoms with Crippen molar-refractivity contribution in [1.82, 2.24) is 0 Å². The van der Waals surface area contributed by atoms with Crippen molar-refractivity contribution in [3.05, 3.63) is 65.7 Å². The molecule has 0 aliphatic heterocycles. The molecule has 0 saturated heterocycles. The van der Waals surface area contributed by atoms with Crippen molar-refractivity contribution >= 4 is 29.5 Å². The van der Waals surface area contributed by atoms with Gasteiger partial charge in [-0.15, -0.1) is 23.5 Å². The summed E-state index contributed by atoms with van der Waals surface area (Å²) < 4.78 is 0. The van der Waals surface area contributed by atoms with E-state index in [1.807, 2.05) is 36.6 Å². The normalized spacial score (nSPS) is 12.1. The second-order valence-corrected chi connectivity index (χ2v) is 6.24. The number of benzene rings is 2. The second-order valence-electron chi connectivity index (χ2n) is 4.27. The maximum atomic E-state index is 10.8. The second kappa shape index (κ2) is 7.41. The Bertz CT molecular complexity index is 552. The maximum absolute atomic E-state index is 10.8. The van der Waals surface area contributed by atoms with Crippen molar-refractivity contribution in [2.24, 2.45) is 0 Å². The van der Waals surface area contributed by atoms with E-state index >= 15 is 0 Å². The Morgan fingerprint density at radius 1 is 1.05 bits per heavy atom. The van der Waals surface area contributed by atoms with Gasteiger partial charge in [-0.25, -0.2) is 0 Å². The summed E-state index contributed by atoms with van der Waals surface area (Å²) in [6, 6.07) is 18.4. The molecule has 1 N–H and O–H groups in total. The maximum Gasteiger partial charge on any atom is 0.313 e. The molecule has 4 heteroatoms. The zero-order valence-electron chi connectivity index (χ0n) is 11.2. The lowest BCUT2D eigenvalue weighted by molar-refractivity contribution is -0.133. The van der Waals surface area contributed by atoms with Gasteiger partial charge in [0.1, 0.15) is 0 Å². The smallest absolute Gasteiger partial charge is 0.313 e. The van der Waals surface area contributed by atoms with Crippen molar-refractivity contribution in [1.29, 1.82) is 0 Å². The average molecular weight is 304 g/mol. The fourth-order valence-electron chi connectivity index (χ4n) is 1.95. The standard InChI is InChI=1S/C16H16O2S2/c1-19-14-9-7-13(8-10-14)16(20-11-15(17)18)12-5-3-2-4-6-12/h2-10,16H,11H2,1H3,(H,17,18). The SMILES string of the molecule is CSc1ccc(C(SCC(=O)O)c2ccccc2)cc1. The van der Waals surface area contributed by atoms with Crippen LogP contribution in [0.25, 0.3) is 0 Å². The van der Waals surface area contributed by atoms with Gasteiger partial charge >= 0.3 is 5.97 Å². The van der Waals surface area contributed by atoms with Gasteiger partial charge < -0.3 is 5.11 Å². The molecule has 0 amide bonds. The summed E-state index contributed by atoms with van der Waals surface area (Å²) in [4.78, 5) is 12.1. The van der Waals surface area contributed by atoms with E-state index in [0.29, 0.717) is 0 Å². The van der Waals surface area contributed by atoms with Crippen LogP contribution in [0.3, 0.4) is 0 Å². The minimum Gasteiger partial charge on any atom is -0.481 e. The van der Waals surface area contributed by atoms with Crippen LogP contribution in [-0.2, 0) is 4.79 Å². The van der Waals surface area contributed by atoms with Crippen LogP contribution in [0.5, 0.6) is 0 Å². The molecule has 1 atom stereocenters.